The Balaban J connectivity index is 2.09. The fourth-order valence-electron chi connectivity index (χ4n) is 1.70. The number of halogens is 1. The first-order valence-corrected chi connectivity index (χ1v) is 7.33. The van der Waals surface area contributed by atoms with Crippen LogP contribution in [-0.2, 0) is 6.42 Å². The second-order valence-electron chi connectivity index (χ2n) is 4.83. The van der Waals surface area contributed by atoms with Crippen LogP contribution in [0.4, 0.5) is 0 Å². The fraction of sp³-hybridized carbons (Fsp3) is 0.538. The maximum atomic E-state index is 9.87. The number of aliphatic hydroxyl groups is 1. The van der Waals surface area contributed by atoms with Crippen LogP contribution >= 0.6 is 27.7 Å². The van der Waals surface area contributed by atoms with Gasteiger partial charge in [-0.05, 0) is 46.5 Å². The topological polar surface area (TPSA) is 20.2 Å². The highest BCUT2D eigenvalue weighted by molar-refractivity contribution is 9.10. The van der Waals surface area contributed by atoms with Gasteiger partial charge in [-0.25, -0.2) is 0 Å². The molecule has 0 unspecified atom stereocenters. The number of hydrogen-bond acceptors (Lipinski definition) is 2. The highest BCUT2D eigenvalue weighted by atomic mass is 79.9. The summed E-state index contributed by atoms with van der Waals surface area (Å²) in [5.41, 5.74) is 0.826. The Kier molecular flexibility index (Phi) is 3.67. The van der Waals surface area contributed by atoms with E-state index in [0.717, 1.165) is 23.7 Å². The molecule has 0 spiro atoms. The lowest BCUT2D eigenvalue weighted by atomic mass is 10.1. The Morgan fingerprint density at radius 2 is 2.12 bits per heavy atom. The molecule has 88 valence electrons. The van der Waals surface area contributed by atoms with Gasteiger partial charge in [-0.3, -0.25) is 0 Å². The average Bonchev–Trinajstić information content (AvgIpc) is 2.88. The lowest BCUT2D eigenvalue weighted by Gasteiger charge is -2.11. The predicted molar refractivity (Wildman–Crippen MR) is 73.0 cm³/mol. The molecule has 16 heavy (non-hydrogen) atoms. The first-order chi connectivity index (χ1) is 7.48. The van der Waals surface area contributed by atoms with Crippen molar-refractivity contribution in [3.63, 3.8) is 0 Å². The van der Waals surface area contributed by atoms with Crippen LogP contribution in [0.15, 0.2) is 27.6 Å². The van der Waals surface area contributed by atoms with E-state index in [9.17, 15) is 5.11 Å². The summed E-state index contributed by atoms with van der Waals surface area (Å²) >= 11 is 5.46. The van der Waals surface area contributed by atoms with Gasteiger partial charge in [-0.1, -0.05) is 19.9 Å². The van der Waals surface area contributed by atoms with E-state index < -0.39 is 5.60 Å². The standard InChI is InChI=1S/C13H17BrOS/c1-9(2)16-12-4-3-10(7-11(12)14)8-13(15)5-6-13/h3-4,7,9,15H,5-6,8H2,1-2H3. The molecular formula is C13H17BrOS. The van der Waals surface area contributed by atoms with Gasteiger partial charge in [0, 0.05) is 21.0 Å². The zero-order valence-electron chi connectivity index (χ0n) is 9.66. The van der Waals surface area contributed by atoms with Crippen molar-refractivity contribution in [1.29, 1.82) is 0 Å². The second kappa shape index (κ2) is 4.71. The van der Waals surface area contributed by atoms with E-state index >= 15 is 0 Å². The lowest BCUT2D eigenvalue weighted by Crippen LogP contribution is -2.10. The summed E-state index contributed by atoms with van der Waals surface area (Å²) in [6, 6.07) is 6.42. The molecular weight excluding hydrogens is 284 g/mol. The second-order valence-corrected chi connectivity index (χ2v) is 7.31. The van der Waals surface area contributed by atoms with Crippen LogP contribution < -0.4 is 0 Å². The molecule has 0 saturated heterocycles. The third-order valence-corrected chi connectivity index (χ3v) is 4.72. The SMILES string of the molecule is CC(C)Sc1ccc(CC2(O)CC2)cc1Br. The quantitative estimate of drug-likeness (QED) is 0.848. The van der Waals surface area contributed by atoms with Crippen molar-refractivity contribution < 1.29 is 5.11 Å². The van der Waals surface area contributed by atoms with Crippen molar-refractivity contribution in [2.45, 2.75) is 48.9 Å². The molecule has 1 aliphatic rings. The molecule has 0 amide bonds. The van der Waals surface area contributed by atoms with Crippen LogP contribution in [0.2, 0.25) is 0 Å². The van der Waals surface area contributed by atoms with E-state index in [4.69, 9.17) is 0 Å². The number of benzene rings is 1. The Bertz CT molecular complexity index is 386. The molecule has 1 aromatic carbocycles. The van der Waals surface area contributed by atoms with E-state index in [-0.39, 0.29) is 0 Å². The molecule has 3 heteroatoms. The van der Waals surface area contributed by atoms with Gasteiger partial charge < -0.3 is 5.11 Å². The van der Waals surface area contributed by atoms with Crippen LogP contribution in [0, 0.1) is 0 Å². The number of rotatable bonds is 4. The minimum absolute atomic E-state index is 0.397. The maximum Gasteiger partial charge on any atom is 0.0690 e. The van der Waals surface area contributed by atoms with E-state index in [1.165, 1.54) is 10.5 Å². The van der Waals surface area contributed by atoms with Crippen molar-refractivity contribution in [3.8, 4) is 0 Å². The maximum absolute atomic E-state index is 9.87. The fourth-order valence-corrected chi connectivity index (χ4v) is 3.24. The third-order valence-electron chi connectivity index (χ3n) is 2.72. The molecule has 0 heterocycles. The minimum atomic E-state index is -0.397. The van der Waals surface area contributed by atoms with Crippen molar-refractivity contribution >= 4 is 27.7 Å². The van der Waals surface area contributed by atoms with Gasteiger partial charge in [0.2, 0.25) is 0 Å². The number of thioether (sulfide) groups is 1. The first kappa shape index (κ1) is 12.5. The highest BCUT2D eigenvalue weighted by Gasteiger charge is 2.40. The van der Waals surface area contributed by atoms with Gasteiger partial charge in [0.25, 0.3) is 0 Å². The van der Waals surface area contributed by atoms with E-state index in [1.807, 2.05) is 11.8 Å². The molecule has 1 aliphatic carbocycles. The molecule has 1 fully saturated rings. The summed E-state index contributed by atoms with van der Waals surface area (Å²) in [7, 11) is 0. The van der Waals surface area contributed by atoms with Gasteiger partial charge in [-0.15, -0.1) is 11.8 Å². The first-order valence-electron chi connectivity index (χ1n) is 5.66. The van der Waals surface area contributed by atoms with E-state index in [1.54, 1.807) is 0 Å². The molecule has 0 bridgehead atoms. The number of hydrogen-bond donors (Lipinski definition) is 1. The normalized spacial score (nSPS) is 17.8. The van der Waals surface area contributed by atoms with Gasteiger partial charge >= 0.3 is 0 Å². The van der Waals surface area contributed by atoms with Crippen LogP contribution in [0.3, 0.4) is 0 Å². The van der Waals surface area contributed by atoms with Crippen molar-refractivity contribution in [2.75, 3.05) is 0 Å². The Labute approximate surface area is 110 Å². The average molecular weight is 301 g/mol. The third kappa shape index (κ3) is 3.25. The Morgan fingerprint density at radius 3 is 2.62 bits per heavy atom. The zero-order chi connectivity index (χ0) is 11.8. The Hall–Kier alpha value is 0.01000. The molecule has 0 atom stereocenters. The molecule has 0 aromatic heterocycles. The van der Waals surface area contributed by atoms with Gasteiger partial charge in [0.15, 0.2) is 0 Å². The molecule has 2 rings (SSSR count). The highest BCUT2D eigenvalue weighted by Crippen LogP contribution is 2.39. The summed E-state index contributed by atoms with van der Waals surface area (Å²) in [4.78, 5) is 1.28. The predicted octanol–water partition coefficient (Wildman–Crippen LogP) is 4.02. The lowest BCUT2D eigenvalue weighted by molar-refractivity contribution is 0.151. The van der Waals surface area contributed by atoms with Gasteiger partial charge in [-0.2, -0.15) is 0 Å². The zero-order valence-corrected chi connectivity index (χ0v) is 12.1. The summed E-state index contributed by atoms with van der Waals surface area (Å²) in [6.45, 7) is 4.38. The smallest absolute Gasteiger partial charge is 0.0690 e. The molecule has 1 aromatic rings. The van der Waals surface area contributed by atoms with Crippen molar-refractivity contribution in [3.05, 3.63) is 28.2 Å². The molecule has 1 nitrogen and oxygen atoms in total. The molecule has 0 aliphatic heterocycles. The summed E-state index contributed by atoms with van der Waals surface area (Å²) in [5, 5.41) is 10.5. The monoisotopic (exact) mass is 300 g/mol. The molecule has 0 radical (unpaired) electrons. The van der Waals surface area contributed by atoms with E-state index in [2.05, 4.69) is 48.0 Å². The molecule has 1 N–H and O–H groups in total. The van der Waals surface area contributed by atoms with Crippen molar-refractivity contribution in [1.82, 2.24) is 0 Å². The summed E-state index contributed by atoms with van der Waals surface area (Å²) < 4.78 is 1.15. The Morgan fingerprint density at radius 1 is 1.44 bits per heavy atom. The largest absolute Gasteiger partial charge is 0.390 e. The van der Waals surface area contributed by atoms with Crippen molar-refractivity contribution in [2.24, 2.45) is 0 Å². The van der Waals surface area contributed by atoms with Crippen LogP contribution in [-0.4, -0.2) is 16.0 Å². The van der Waals surface area contributed by atoms with Gasteiger partial charge in [0.05, 0.1) is 5.60 Å². The molecule has 1 saturated carbocycles. The minimum Gasteiger partial charge on any atom is -0.390 e. The van der Waals surface area contributed by atoms with Crippen LogP contribution in [0.5, 0.6) is 0 Å². The van der Waals surface area contributed by atoms with Crippen LogP contribution in [0.1, 0.15) is 32.3 Å². The van der Waals surface area contributed by atoms with E-state index in [0.29, 0.717) is 5.25 Å². The summed E-state index contributed by atoms with van der Waals surface area (Å²) in [5.74, 6) is 0. The van der Waals surface area contributed by atoms with Crippen LogP contribution in [0.25, 0.3) is 0 Å². The van der Waals surface area contributed by atoms with Gasteiger partial charge in [0.1, 0.15) is 0 Å². The summed E-state index contributed by atoms with van der Waals surface area (Å²) in [6.07, 6.45) is 2.69.